The van der Waals surface area contributed by atoms with Gasteiger partial charge in [-0.25, -0.2) is 9.59 Å². The summed E-state index contributed by atoms with van der Waals surface area (Å²) < 4.78 is 13.9. The largest absolute Gasteiger partial charge is 0.361 e. The van der Waals surface area contributed by atoms with Gasteiger partial charge < -0.3 is 9.47 Å². The van der Waals surface area contributed by atoms with Gasteiger partial charge in [0.2, 0.25) is 0 Å². The van der Waals surface area contributed by atoms with E-state index in [0.717, 1.165) is 11.1 Å². The fraction of sp³-hybridized carbons (Fsp3) is 0.462. The first-order valence-corrected chi connectivity index (χ1v) is 12.3. The Labute approximate surface area is 208 Å². The van der Waals surface area contributed by atoms with Gasteiger partial charge in [-0.3, -0.25) is 28.7 Å². The molecule has 0 aliphatic heterocycles. The van der Waals surface area contributed by atoms with Crippen LogP contribution in [0.5, 0.6) is 0 Å². The van der Waals surface area contributed by atoms with Gasteiger partial charge in [-0.2, -0.15) is 0 Å². The van der Waals surface area contributed by atoms with E-state index in [9.17, 15) is 19.2 Å². The molecule has 0 saturated heterocycles. The van der Waals surface area contributed by atoms with Gasteiger partial charge in [-0.15, -0.1) is 0 Å². The number of ether oxygens (including phenoxy) is 2. The minimum absolute atomic E-state index is 0.0461. The molecule has 3 aromatic rings. The van der Waals surface area contributed by atoms with Gasteiger partial charge in [0.1, 0.15) is 13.5 Å². The molecule has 3 rings (SSSR count). The summed E-state index contributed by atoms with van der Waals surface area (Å²) in [6.07, 6.45) is 1.64. The lowest BCUT2D eigenvalue weighted by atomic mass is 9.99. The summed E-state index contributed by atoms with van der Waals surface area (Å²) in [5.74, 6) is 0. The average molecular weight is 499 g/mol. The third kappa shape index (κ3) is 6.00. The smallest absolute Gasteiger partial charge is 0.330 e. The fourth-order valence-electron chi connectivity index (χ4n) is 4.32. The Morgan fingerprint density at radius 2 is 1.11 bits per heavy atom. The maximum atomic E-state index is 12.5. The number of aromatic amines is 2. The minimum Gasteiger partial charge on any atom is -0.361 e. The molecule has 0 radical (unpaired) electrons. The highest BCUT2D eigenvalue weighted by Crippen LogP contribution is 2.17. The Hall–Kier alpha value is -3.50. The molecule has 0 aliphatic carbocycles. The van der Waals surface area contributed by atoms with Crippen LogP contribution in [-0.4, -0.2) is 32.3 Å². The van der Waals surface area contributed by atoms with E-state index in [-0.39, 0.29) is 13.5 Å². The van der Waals surface area contributed by atoms with Crippen LogP contribution in [0.15, 0.2) is 43.4 Å². The zero-order valence-corrected chi connectivity index (χ0v) is 21.3. The molecule has 0 atom stereocenters. The first kappa shape index (κ1) is 27.1. The molecule has 10 heteroatoms. The average Bonchev–Trinajstić information content (AvgIpc) is 2.84. The molecule has 0 saturated carbocycles. The molecule has 2 N–H and O–H groups in total. The van der Waals surface area contributed by atoms with Crippen LogP contribution in [-0.2, 0) is 48.6 Å². The second kappa shape index (κ2) is 12.5. The van der Waals surface area contributed by atoms with Crippen LogP contribution < -0.4 is 22.5 Å². The summed E-state index contributed by atoms with van der Waals surface area (Å²) in [5, 5.41) is 0. The van der Waals surface area contributed by atoms with Gasteiger partial charge in [-0.1, -0.05) is 38.1 Å². The van der Waals surface area contributed by atoms with Crippen molar-refractivity contribution in [3.05, 3.63) is 99.6 Å². The van der Waals surface area contributed by atoms with Gasteiger partial charge in [0.15, 0.2) is 0 Å². The van der Waals surface area contributed by atoms with Gasteiger partial charge in [-0.05, 0) is 37.8 Å². The van der Waals surface area contributed by atoms with Crippen molar-refractivity contribution in [2.75, 3.05) is 13.2 Å². The van der Waals surface area contributed by atoms with Crippen molar-refractivity contribution >= 4 is 0 Å². The van der Waals surface area contributed by atoms with Gasteiger partial charge in [0.25, 0.3) is 11.1 Å². The van der Waals surface area contributed by atoms with Crippen molar-refractivity contribution < 1.29 is 9.47 Å². The molecular weight excluding hydrogens is 464 g/mol. The van der Waals surface area contributed by atoms with Crippen LogP contribution >= 0.6 is 0 Å². The lowest BCUT2D eigenvalue weighted by molar-refractivity contribution is 0.0821. The molecule has 0 unspecified atom stereocenters. The van der Waals surface area contributed by atoms with E-state index in [0.29, 0.717) is 61.4 Å². The monoisotopic (exact) mass is 498 g/mol. The molecule has 0 aliphatic rings. The molecular formula is C26H34N4O6. The van der Waals surface area contributed by atoms with Crippen molar-refractivity contribution in [2.45, 2.75) is 66.8 Å². The molecule has 1 aromatic carbocycles. The Kier molecular flexibility index (Phi) is 9.38. The maximum Gasteiger partial charge on any atom is 0.330 e. The maximum absolute atomic E-state index is 12.5. The zero-order valence-electron chi connectivity index (χ0n) is 21.3. The van der Waals surface area contributed by atoms with E-state index in [4.69, 9.17) is 9.47 Å². The van der Waals surface area contributed by atoms with Crippen LogP contribution in [0.4, 0.5) is 0 Å². The first-order valence-electron chi connectivity index (χ1n) is 12.3. The van der Waals surface area contributed by atoms with Crippen LogP contribution in [0, 0.1) is 0 Å². The number of nitrogens with one attached hydrogen (secondary N) is 2. The normalized spacial score (nSPS) is 11.2. The Bertz CT molecular complexity index is 1330. The second-order valence-electron chi connectivity index (χ2n) is 8.35. The summed E-state index contributed by atoms with van der Waals surface area (Å²) in [4.78, 5) is 54.8. The number of hydrogen-bond acceptors (Lipinski definition) is 6. The lowest BCUT2D eigenvalue weighted by Crippen LogP contribution is -2.36. The Morgan fingerprint density at radius 1 is 0.694 bits per heavy atom. The molecule has 0 fully saturated rings. The van der Waals surface area contributed by atoms with Crippen LogP contribution in [0.1, 0.15) is 61.3 Å². The minimum atomic E-state index is -0.507. The quantitative estimate of drug-likeness (QED) is 0.391. The third-order valence-corrected chi connectivity index (χ3v) is 6.12. The lowest BCUT2D eigenvalue weighted by Gasteiger charge is -2.17. The van der Waals surface area contributed by atoms with Gasteiger partial charge in [0.05, 0.1) is 0 Å². The number of H-pyrrole nitrogens is 2. The number of hydrogen-bond donors (Lipinski definition) is 2. The fourth-order valence-corrected chi connectivity index (χ4v) is 4.32. The summed E-state index contributed by atoms with van der Waals surface area (Å²) in [6, 6.07) is 7.70. The highest BCUT2D eigenvalue weighted by atomic mass is 16.5. The van der Waals surface area contributed by atoms with Crippen molar-refractivity contribution in [1.29, 1.82) is 0 Å². The number of benzene rings is 1. The predicted molar refractivity (Wildman–Crippen MR) is 137 cm³/mol. The van der Waals surface area contributed by atoms with Gasteiger partial charge >= 0.3 is 11.4 Å². The molecule has 0 amide bonds. The Morgan fingerprint density at radius 3 is 1.47 bits per heavy atom. The summed E-state index contributed by atoms with van der Waals surface area (Å²) in [7, 11) is 0. The molecule has 10 nitrogen and oxygen atoms in total. The van der Waals surface area contributed by atoms with E-state index >= 15 is 0 Å². The standard InChI is InChI=1S/C26H34N4O6/c1-5-19-21(29(15-35-7-3)25(33)27-23(19)31)13-17-10-9-11-18(12-17)14-22-20(6-2)24(32)28-26(34)30(22)16-36-8-4/h9-12H,5-8,13-16H2,1-4H3,(H,27,31,33)(H,28,32,34). The topological polar surface area (TPSA) is 128 Å². The SMILES string of the molecule is CCOCn1c(Cc2cccc(Cc3c(CC)c(=O)[nH]c(=O)n3COCC)c2)c(CC)c(=O)[nH]c1=O. The van der Waals surface area contributed by atoms with E-state index in [1.165, 1.54) is 9.13 Å². The highest BCUT2D eigenvalue weighted by molar-refractivity contribution is 5.33. The molecule has 0 spiro atoms. The summed E-state index contributed by atoms with van der Waals surface area (Å²) in [5.41, 5.74) is 2.26. The second-order valence-corrected chi connectivity index (χ2v) is 8.35. The molecule has 2 heterocycles. The zero-order chi connectivity index (χ0) is 26.2. The first-order chi connectivity index (χ1) is 17.3. The van der Waals surface area contributed by atoms with Crippen molar-refractivity contribution in [2.24, 2.45) is 0 Å². The molecule has 36 heavy (non-hydrogen) atoms. The molecule has 0 bridgehead atoms. The number of rotatable bonds is 12. The van der Waals surface area contributed by atoms with Crippen LogP contribution in [0.3, 0.4) is 0 Å². The van der Waals surface area contributed by atoms with Crippen molar-refractivity contribution in [3.63, 3.8) is 0 Å². The van der Waals surface area contributed by atoms with E-state index in [1.807, 2.05) is 52.0 Å². The van der Waals surface area contributed by atoms with Crippen molar-refractivity contribution in [3.8, 4) is 0 Å². The summed E-state index contributed by atoms with van der Waals surface area (Å²) in [6.45, 7) is 8.38. The van der Waals surface area contributed by atoms with Crippen molar-refractivity contribution in [1.82, 2.24) is 19.1 Å². The molecule has 194 valence electrons. The number of aromatic nitrogens is 4. The molecule has 2 aromatic heterocycles. The third-order valence-electron chi connectivity index (χ3n) is 6.12. The van der Waals surface area contributed by atoms with Crippen LogP contribution in [0.2, 0.25) is 0 Å². The van der Waals surface area contributed by atoms with Gasteiger partial charge in [0, 0.05) is 48.6 Å². The number of nitrogens with zero attached hydrogens (tertiary/aromatic N) is 2. The van der Waals surface area contributed by atoms with E-state index < -0.39 is 22.5 Å². The Balaban J connectivity index is 2.05. The van der Waals surface area contributed by atoms with Crippen LogP contribution in [0.25, 0.3) is 0 Å². The summed E-state index contributed by atoms with van der Waals surface area (Å²) >= 11 is 0. The highest BCUT2D eigenvalue weighted by Gasteiger charge is 2.17. The van der Waals surface area contributed by atoms with E-state index in [1.54, 1.807) is 0 Å². The van der Waals surface area contributed by atoms with E-state index in [2.05, 4.69) is 9.97 Å². The predicted octanol–water partition coefficient (Wildman–Crippen LogP) is 1.68.